The van der Waals surface area contributed by atoms with Crippen LogP contribution in [0.2, 0.25) is 0 Å². The summed E-state index contributed by atoms with van der Waals surface area (Å²) >= 11 is -0.465. The number of rotatable bonds is 14. The second-order valence-corrected chi connectivity index (χ2v) is 13.7. The van der Waals surface area contributed by atoms with Gasteiger partial charge in [-0.1, -0.05) is 0 Å². The third-order valence-corrected chi connectivity index (χ3v) is 9.68. The Morgan fingerprint density at radius 1 is 0.529 bits per heavy atom. The van der Waals surface area contributed by atoms with Crippen molar-refractivity contribution in [1.82, 2.24) is 0 Å². The van der Waals surface area contributed by atoms with E-state index in [9.17, 15) is 33.6 Å². The van der Waals surface area contributed by atoms with Crippen molar-refractivity contribution in [2.75, 3.05) is 13.2 Å². The van der Waals surface area contributed by atoms with Gasteiger partial charge in [0, 0.05) is 0 Å². The Bertz CT molecular complexity index is 1400. The molecule has 1 aromatic carbocycles. The first-order valence-corrected chi connectivity index (χ1v) is 18.0. The molecule has 0 radical (unpaired) electrons. The number of hydrogen-bond donors (Lipinski definition) is 0. The first kappa shape index (κ1) is 41.3. The van der Waals surface area contributed by atoms with Gasteiger partial charge in [0.15, 0.2) is 0 Å². The number of hydrogen-bond acceptors (Lipinski definition) is 17. The van der Waals surface area contributed by atoms with Crippen LogP contribution in [0.5, 0.6) is 0 Å². The van der Waals surface area contributed by atoms with Crippen LogP contribution in [0.4, 0.5) is 0 Å². The summed E-state index contributed by atoms with van der Waals surface area (Å²) in [5.74, 6) is -5.52. The molecule has 6 unspecified atom stereocenters. The van der Waals surface area contributed by atoms with Gasteiger partial charge in [0.1, 0.15) is 0 Å². The van der Waals surface area contributed by atoms with Crippen molar-refractivity contribution in [2.45, 2.75) is 114 Å². The SMILES string of the molecule is CC(=O)OCC1O[C@@H]([Se]Cc2ccccc2)C(OC(C)=O)C(OC(C)=O)[C@@H]1O[C@@H]1OC(COC(C)=O)[C@H](OC(C)=O)C(OC(C)=O)C1OC(C)=O. The van der Waals surface area contributed by atoms with Gasteiger partial charge in [-0.15, -0.1) is 0 Å². The minimum absolute atomic E-state index is 0.437. The molecular formula is C33H42O17Se. The molecule has 0 bridgehead atoms. The molecule has 51 heavy (non-hydrogen) atoms. The number of carbonyl (C=O) groups excluding carboxylic acids is 7. The summed E-state index contributed by atoms with van der Waals surface area (Å²) in [4.78, 5) is 85.6. The van der Waals surface area contributed by atoms with Gasteiger partial charge in [-0.2, -0.15) is 0 Å². The Kier molecular flexibility index (Phi) is 15.8. The predicted molar refractivity (Wildman–Crippen MR) is 169 cm³/mol. The van der Waals surface area contributed by atoms with Gasteiger partial charge >= 0.3 is 301 Å². The maximum atomic E-state index is 12.6. The summed E-state index contributed by atoms with van der Waals surface area (Å²) in [6.45, 7) is 6.78. The second-order valence-electron chi connectivity index (χ2n) is 11.5. The average molecular weight is 790 g/mol. The molecule has 10 atom stereocenters. The summed E-state index contributed by atoms with van der Waals surface area (Å²) in [5.41, 5.74) is 0.958. The molecule has 2 saturated heterocycles. The summed E-state index contributed by atoms with van der Waals surface area (Å²) in [6, 6.07) is 9.39. The zero-order valence-electron chi connectivity index (χ0n) is 29.1. The van der Waals surface area contributed by atoms with Gasteiger partial charge in [0.25, 0.3) is 0 Å². The molecule has 2 heterocycles. The van der Waals surface area contributed by atoms with Crippen LogP contribution in [0.1, 0.15) is 54.0 Å². The molecule has 0 N–H and O–H groups in total. The number of benzene rings is 1. The number of ether oxygens (including phenoxy) is 10. The standard InChI is InChI=1S/C33H42O17Se/c1-16(34)41-13-24-26(43-18(3)36)28(44-19(4)37)30(46-21(6)39)32(48-24)50-27-25(14-42-17(2)35)49-33(51-15-23-11-9-8-10-12-23)31(47-22(7)40)29(27)45-20(5)38/h8-12,24-33H,13-15H2,1-7H3/t24?,25?,26-,27+,28?,29?,30?,31?,32-,33-/m0/s1. The molecule has 18 heteroatoms. The Morgan fingerprint density at radius 2 is 0.961 bits per heavy atom. The monoisotopic (exact) mass is 790 g/mol. The number of carbonyl (C=O) groups is 7. The summed E-state index contributed by atoms with van der Waals surface area (Å²) < 4.78 is 57.1. The molecule has 0 saturated carbocycles. The quantitative estimate of drug-likeness (QED) is 0.143. The van der Waals surface area contributed by atoms with Crippen LogP contribution < -0.4 is 0 Å². The van der Waals surface area contributed by atoms with E-state index in [4.69, 9.17) is 47.4 Å². The fourth-order valence-corrected chi connectivity index (χ4v) is 7.81. The molecule has 1 aromatic rings. The first-order chi connectivity index (χ1) is 24.0. The van der Waals surface area contributed by atoms with Gasteiger partial charge in [0.2, 0.25) is 0 Å². The van der Waals surface area contributed by atoms with E-state index < -0.39 is 130 Å². The molecule has 0 aromatic heterocycles. The van der Waals surface area contributed by atoms with Crippen molar-refractivity contribution in [3.8, 4) is 0 Å². The van der Waals surface area contributed by atoms with E-state index in [-0.39, 0.29) is 0 Å². The van der Waals surface area contributed by atoms with E-state index in [0.717, 1.165) is 47.1 Å². The van der Waals surface area contributed by atoms with Crippen molar-refractivity contribution in [1.29, 1.82) is 0 Å². The van der Waals surface area contributed by atoms with Crippen LogP contribution in [-0.4, -0.2) is 130 Å². The zero-order valence-corrected chi connectivity index (χ0v) is 30.8. The van der Waals surface area contributed by atoms with E-state index in [1.165, 1.54) is 6.92 Å². The second kappa shape index (κ2) is 19.5. The summed E-state index contributed by atoms with van der Waals surface area (Å²) in [5, 5.41) is -0.351. The van der Waals surface area contributed by atoms with E-state index >= 15 is 0 Å². The van der Waals surface area contributed by atoms with Crippen LogP contribution >= 0.6 is 0 Å². The molecule has 0 amide bonds. The molecule has 2 aliphatic heterocycles. The minimum atomic E-state index is -1.73. The maximum absolute atomic E-state index is 12.6. The van der Waals surface area contributed by atoms with Crippen molar-refractivity contribution in [2.24, 2.45) is 0 Å². The molecule has 0 spiro atoms. The summed E-state index contributed by atoms with van der Waals surface area (Å²) in [6.07, 6.45) is -13.2. The zero-order chi connectivity index (χ0) is 37.8. The normalized spacial score (nSPS) is 28.7. The van der Waals surface area contributed by atoms with Crippen molar-refractivity contribution < 1.29 is 80.9 Å². The molecule has 2 fully saturated rings. The van der Waals surface area contributed by atoms with Crippen molar-refractivity contribution in [3.63, 3.8) is 0 Å². The van der Waals surface area contributed by atoms with Crippen LogP contribution in [-0.2, 0) is 86.2 Å². The molecule has 282 valence electrons. The predicted octanol–water partition coefficient (Wildman–Crippen LogP) is 0.511. The summed E-state index contributed by atoms with van der Waals surface area (Å²) in [7, 11) is 0. The first-order valence-electron chi connectivity index (χ1n) is 15.8. The third-order valence-electron chi connectivity index (χ3n) is 7.14. The fourth-order valence-electron chi connectivity index (χ4n) is 5.36. The Morgan fingerprint density at radius 3 is 1.45 bits per heavy atom. The van der Waals surface area contributed by atoms with Gasteiger partial charge in [0.05, 0.1) is 0 Å². The molecule has 3 rings (SSSR count). The Balaban J connectivity index is 2.13. The van der Waals surface area contributed by atoms with Gasteiger partial charge in [-0.05, 0) is 0 Å². The number of esters is 7. The molecule has 0 aliphatic carbocycles. The van der Waals surface area contributed by atoms with E-state index in [1.54, 1.807) is 0 Å². The van der Waals surface area contributed by atoms with Crippen LogP contribution in [0.15, 0.2) is 30.3 Å². The van der Waals surface area contributed by atoms with Gasteiger partial charge < -0.3 is 0 Å². The van der Waals surface area contributed by atoms with E-state index in [1.807, 2.05) is 30.3 Å². The van der Waals surface area contributed by atoms with Crippen LogP contribution in [0, 0.1) is 0 Å². The fraction of sp³-hybridized carbons (Fsp3) is 0.606. The van der Waals surface area contributed by atoms with Crippen LogP contribution in [0.3, 0.4) is 0 Å². The van der Waals surface area contributed by atoms with Crippen LogP contribution in [0.25, 0.3) is 0 Å². The average Bonchev–Trinajstić information content (AvgIpc) is 3.02. The topological polar surface area (TPSA) is 212 Å². The van der Waals surface area contributed by atoms with E-state index in [2.05, 4.69) is 0 Å². The Labute approximate surface area is 300 Å². The Hall–Kier alpha value is -4.09. The molecule has 2 aliphatic rings. The van der Waals surface area contributed by atoms with Crippen molar-refractivity contribution >= 4 is 56.7 Å². The third kappa shape index (κ3) is 12.9. The van der Waals surface area contributed by atoms with Gasteiger partial charge in [-0.3, -0.25) is 0 Å². The van der Waals surface area contributed by atoms with Gasteiger partial charge in [-0.25, -0.2) is 0 Å². The molecule has 17 nitrogen and oxygen atoms in total. The molecular weight excluding hydrogens is 747 g/mol. The van der Waals surface area contributed by atoms with Crippen molar-refractivity contribution in [3.05, 3.63) is 35.9 Å². The van der Waals surface area contributed by atoms with E-state index in [0.29, 0.717) is 5.32 Å².